The van der Waals surface area contributed by atoms with Crippen LogP contribution in [0.25, 0.3) is 0 Å². The lowest BCUT2D eigenvalue weighted by atomic mass is 10.1. The summed E-state index contributed by atoms with van der Waals surface area (Å²) in [4.78, 5) is 9.01. The number of nitrogens with zero attached hydrogens (tertiary/aromatic N) is 3. The van der Waals surface area contributed by atoms with Crippen molar-refractivity contribution in [2.75, 3.05) is 10.6 Å². The van der Waals surface area contributed by atoms with Crippen LogP contribution in [0.1, 0.15) is 18.2 Å². The van der Waals surface area contributed by atoms with Gasteiger partial charge in [0.15, 0.2) is 5.69 Å². The van der Waals surface area contributed by atoms with E-state index in [2.05, 4.69) is 9.97 Å². The topological polar surface area (TPSA) is 55.0 Å². The highest BCUT2D eigenvalue weighted by Crippen LogP contribution is 2.39. The molecule has 110 valence electrons. The smallest absolute Gasteiger partial charge is 0.368 e. The van der Waals surface area contributed by atoms with E-state index in [0.29, 0.717) is 0 Å². The van der Waals surface area contributed by atoms with Gasteiger partial charge in [-0.2, -0.15) is 18.2 Å². The van der Waals surface area contributed by atoms with Crippen molar-refractivity contribution >= 4 is 17.5 Å². The molecule has 1 unspecified atom stereocenters. The molecular weight excluding hydrogens is 281 g/mol. The molecule has 1 aromatic carbocycles. The number of hydrogen-bond donors (Lipinski definition) is 1. The lowest BCUT2D eigenvalue weighted by Gasteiger charge is -2.24. The fourth-order valence-corrected chi connectivity index (χ4v) is 2.64. The highest BCUT2D eigenvalue weighted by Gasteiger charge is 2.35. The average molecular weight is 294 g/mol. The second kappa shape index (κ2) is 4.61. The fourth-order valence-electron chi connectivity index (χ4n) is 2.64. The normalized spacial score (nSPS) is 17.9. The number of anilines is 3. The lowest BCUT2D eigenvalue weighted by molar-refractivity contribution is -0.141. The number of rotatable bonds is 1. The maximum absolute atomic E-state index is 12.9. The minimum atomic E-state index is -4.55. The summed E-state index contributed by atoms with van der Waals surface area (Å²) in [7, 11) is 0. The summed E-state index contributed by atoms with van der Waals surface area (Å²) in [5, 5.41) is 0. The molecule has 0 fully saturated rings. The van der Waals surface area contributed by atoms with E-state index in [9.17, 15) is 13.2 Å². The fraction of sp³-hybridized carbons (Fsp3) is 0.286. The van der Waals surface area contributed by atoms with Crippen molar-refractivity contribution < 1.29 is 13.2 Å². The van der Waals surface area contributed by atoms with Crippen LogP contribution in [-0.2, 0) is 12.6 Å². The van der Waals surface area contributed by atoms with Crippen LogP contribution in [0.15, 0.2) is 30.3 Å². The van der Waals surface area contributed by atoms with E-state index < -0.39 is 11.9 Å². The third-order valence-corrected chi connectivity index (χ3v) is 3.47. The first-order chi connectivity index (χ1) is 9.86. The van der Waals surface area contributed by atoms with Gasteiger partial charge in [-0.1, -0.05) is 18.2 Å². The predicted octanol–water partition coefficient (Wildman–Crippen LogP) is 3.16. The Morgan fingerprint density at radius 3 is 2.67 bits per heavy atom. The van der Waals surface area contributed by atoms with Gasteiger partial charge in [-0.05, 0) is 25.0 Å². The van der Waals surface area contributed by atoms with E-state index in [1.54, 1.807) is 4.90 Å². The molecule has 2 heterocycles. The molecule has 0 saturated carbocycles. The Kier molecular flexibility index (Phi) is 3.00. The summed E-state index contributed by atoms with van der Waals surface area (Å²) >= 11 is 0. The summed E-state index contributed by atoms with van der Waals surface area (Å²) in [6.45, 7) is 1.94. The van der Waals surface area contributed by atoms with E-state index >= 15 is 0 Å². The van der Waals surface area contributed by atoms with Gasteiger partial charge in [0.2, 0.25) is 5.95 Å². The van der Waals surface area contributed by atoms with E-state index in [0.717, 1.165) is 23.7 Å². The van der Waals surface area contributed by atoms with Gasteiger partial charge in [0.1, 0.15) is 5.82 Å². The van der Waals surface area contributed by atoms with Gasteiger partial charge in [-0.15, -0.1) is 0 Å². The molecule has 0 bridgehead atoms. The highest BCUT2D eigenvalue weighted by atomic mass is 19.4. The minimum Gasteiger partial charge on any atom is -0.368 e. The lowest BCUT2D eigenvalue weighted by Crippen LogP contribution is -2.26. The van der Waals surface area contributed by atoms with Crippen LogP contribution in [-0.4, -0.2) is 16.0 Å². The van der Waals surface area contributed by atoms with Crippen molar-refractivity contribution in [3.63, 3.8) is 0 Å². The largest absolute Gasteiger partial charge is 0.433 e. The van der Waals surface area contributed by atoms with Crippen LogP contribution in [0.4, 0.5) is 30.6 Å². The van der Waals surface area contributed by atoms with Crippen molar-refractivity contribution in [3.8, 4) is 0 Å². The molecule has 1 aliphatic rings. The molecule has 3 rings (SSSR count). The maximum atomic E-state index is 12.9. The Morgan fingerprint density at radius 2 is 1.95 bits per heavy atom. The molecule has 2 N–H and O–H groups in total. The van der Waals surface area contributed by atoms with Gasteiger partial charge in [0.25, 0.3) is 0 Å². The zero-order valence-corrected chi connectivity index (χ0v) is 11.2. The van der Waals surface area contributed by atoms with Crippen LogP contribution < -0.4 is 10.6 Å². The molecule has 1 aliphatic heterocycles. The summed E-state index contributed by atoms with van der Waals surface area (Å²) < 4.78 is 38.6. The summed E-state index contributed by atoms with van der Waals surface area (Å²) in [6.07, 6.45) is -3.80. The van der Waals surface area contributed by atoms with Crippen LogP contribution in [0.2, 0.25) is 0 Å². The van der Waals surface area contributed by atoms with Crippen LogP contribution in [0, 0.1) is 0 Å². The molecule has 0 amide bonds. The Balaban J connectivity index is 2.11. The molecule has 0 aliphatic carbocycles. The van der Waals surface area contributed by atoms with Crippen LogP contribution in [0.3, 0.4) is 0 Å². The standard InChI is InChI=1S/C14H13F3N4/c1-8-6-9-4-2-3-5-10(9)21(8)12-7-11(14(15,16)17)19-13(18)20-12/h2-5,7-8H,6H2,1H3,(H2,18,19,20). The van der Waals surface area contributed by atoms with Gasteiger partial charge < -0.3 is 10.6 Å². The molecule has 0 spiro atoms. The number of nitrogen functional groups attached to an aromatic ring is 1. The average Bonchev–Trinajstić information content (AvgIpc) is 2.72. The highest BCUT2D eigenvalue weighted by molar-refractivity contribution is 5.69. The molecule has 21 heavy (non-hydrogen) atoms. The van der Waals surface area contributed by atoms with Crippen LogP contribution >= 0.6 is 0 Å². The summed E-state index contributed by atoms with van der Waals surface area (Å²) in [6, 6.07) is 8.53. The van der Waals surface area contributed by atoms with Crippen molar-refractivity contribution in [3.05, 3.63) is 41.6 Å². The molecule has 7 heteroatoms. The molecule has 1 atom stereocenters. The maximum Gasteiger partial charge on any atom is 0.433 e. The number of aromatic nitrogens is 2. The number of nitrogens with two attached hydrogens (primary N) is 1. The molecule has 1 aromatic heterocycles. The van der Waals surface area contributed by atoms with Gasteiger partial charge in [-0.25, -0.2) is 4.98 Å². The second-order valence-electron chi connectivity index (χ2n) is 5.02. The number of para-hydroxylation sites is 1. The first-order valence-corrected chi connectivity index (χ1v) is 6.45. The number of benzene rings is 1. The predicted molar refractivity (Wildman–Crippen MR) is 73.2 cm³/mol. The molecular formula is C14H13F3N4. The molecule has 0 radical (unpaired) electrons. The Labute approximate surface area is 119 Å². The molecule has 2 aromatic rings. The Bertz CT molecular complexity index is 684. The van der Waals surface area contributed by atoms with Gasteiger partial charge in [0, 0.05) is 17.8 Å². The Hall–Kier alpha value is -2.31. The zero-order chi connectivity index (χ0) is 15.2. The number of alkyl halides is 3. The quantitative estimate of drug-likeness (QED) is 0.877. The third kappa shape index (κ3) is 2.39. The first-order valence-electron chi connectivity index (χ1n) is 6.45. The van der Waals surface area contributed by atoms with E-state index in [-0.39, 0.29) is 17.8 Å². The number of hydrogen-bond acceptors (Lipinski definition) is 4. The molecule has 4 nitrogen and oxygen atoms in total. The van der Waals surface area contributed by atoms with Crippen molar-refractivity contribution in [1.29, 1.82) is 0 Å². The van der Waals surface area contributed by atoms with Gasteiger partial charge >= 0.3 is 6.18 Å². The Morgan fingerprint density at radius 1 is 1.24 bits per heavy atom. The third-order valence-electron chi connectivity index (χ3n) is 3.47. The van der Waals surface area contributed by atoms with Crippen LogP contribution in [0.5, 0.6) is 0 Å². The molecule has 0 saturated heterocycles. The monoisotopic (exact) mass is 294 g/mol. The van der Waals surface area contributed by atoms with E-state index in [1.807, 2.05) is 31.2 Å². The number of halogens is 3. The SMILES string of the molecule is CC1Cc2ccccc2N1c1cc(C(F)(F)F)nc(N)n1. The van der Waals surface area contributed by atoms with E-state index in [1.165, 1.54) is 0 Å². The van der Waals surface area contributed by atoms with Crippen molar-refractivity contribution in [1.82, 2.24) is 9.97 Å². The second-order valence-corrected chi connectivity index (χ2v) is 5.02. The zero-order valence-electron chi connectivity index (χ0n) is 11.2. The number of fused-ring (bicyclic) bond motifs is 1. The minimum absolute atomic E-state index is 0.0118. The summed E-state index contributed by atoms with van der Waals surface area (Å²) in [5.41, 5.74) is 6.35. The van der Waals surface area contributed by atoms with Gasteiger partial charge in [-0.3, -0.25) is 0 Å². The van der Waals surface area contributed by atoms with Crippen molar-refractivity contribution in [2.24, 2.45) is 0 Å². The van der Waals surface area contributed by atoms with Crippen molar-refractivity contribution in [2.45, 2.75) is 25.6 Å². The first kappa shape index (κ1) is 13.7. The van der Waals surface area contributed by atoms with E-state index in [4.69, 9.17) is 5.73 Å². The summed E-state index contributed by atoms with van der Waals surface area (Å²) in [5.74, 6) is -0.205. The van der Waals surface area contributed by atoms with Gasteiger partial charge in [0.05, 0.1) is 0 Å².